The molecule has 0 radical (unpaired) electrons. The molecule has 0 unspecified atom stereocenters. The molecule has 25 heavy (non-hydrogen) atoms. The molecule has 0 saturated carbocycles. The molecule has 1 aliphatic rings. The van der Waals surface area contributed by atoms with Crippen LogP contribution < -0.4 is 14.4 Å². The summed E-state index contributed by atoms with van der Waals surface area (Å²) in [6, 6.07) is 11.9. The fraction of sp³-hybridized carbons (Fsp3) is 0.111. The number of hydrogen-bond acceptors (Lipinski definition) is 6. The number of thioether (sulfide) groups is 1. The third-order valence-electron chi connectivity index (χ3n) is 3.59. The van der Waals surface area contributed by atoms with E-state index in [0.29, 0.717) is 26.4 Å². The number of carbonyl (C=O) groups excluding carboxylic acids is 1. The van der Waals surface area contributed by atoms with Crippen molar-refractivity contribution in [2.45, 2.75) is 0 Å². The molecule has 2 aromatic carbocycles. The van der Waals surface area contributed by atoms with Crippen molar-refractivity contribution in [3.8, 4) is 17.2 Å². The molecule has 0 spiro atoms. The Labute approximate surface area is 154 Å². The van der Waals surface area contributed by atoms with E-state index in [9.17, 15) is 9.90 Å². The molecule has 7 heteroatoms. The zero-order chi connectivity index (χ0) is 18.0. The van der Waals surface area contributed by atoms with Crippen molar-refractivity contribution in [3.63, 3.8) is 0 Å². The number of anilines is 1. The lowest BCUT2D eigenvalue weighted by atomic mass is 10.2. The Hall–Kier alpha value is -2.51. The van der Waals surface area contributed by atoms with E-state index in [4.69, 9.17) is 21.7 Å². The maximum atomic E-state index is 12.8. The van der Waals surface area contributed by atoms with E-state index >= 15 is 0 Å². The highest BCUT2D eigenvalue weighted by molar-refractivity contribution is 8.27. The molecule has 128 valence electrons. The van der Waals surface area contributed by atoms with Crippen molar-refractivity contribution in [1.29, 1.82) is 0 Å². The molecule has 2 aromatic rings. The number of nitrogens with zero attached hydrogens (tertiary/aromatic N) is 1. The van der Waals surface area contributed by atoms with Crippen LogP contribution in [0.1, 0.15) is 5.56 Å². The summed E-state index contributed by atoms with van der Waals surface area (Å²) >= 11 is 6.59. The number of carbonyl (C=O) groups is 1. The van der Waals surface area contributed by atoms with E-state index in [2.05, 4.69) is 0 Å². The highest BCUT2D eigenvalue weighted by Gasteiger charge is 2.35. The molecular weight excluding hydrogens is 358 g/mol. The number of thiocarbonyl (C=S) groups is 1. The molecule has 1 amide bonds. The van der Waals surface area contributed by atoms with Gasteiger partial charge in [-0.2, -0.15) is 0 Å². The van der Waals surface area contributed by atoms with Crippen molar-refractivity contribution >= 4 is 46.0 Å². The molecule has 1 saturated heterocycles. The van der Waals surface area contributed by atoms with Crippen LogP contribution >= 0.6 is 24.0 Å². The van der Waals surface area contributed by atoms with Gasteiger partial charge < -0.3 is 14.6 Å². The Balaban J connectivity index is 1.97. The summed E-state index contributed by atoms with van der Waals surface area (Å²) in [5.74, 6) is 1.03. The minimum atomic E-state index is -0.234. The Morgan fingerprint density at radius 3 is 2.64 bits per heavy atom. The van der Waals surface area contributed by atoms with E-state index in [0.717, 1.165) is 5.56 Å². The summed E-state index contributed by atoms with van der Waals surface area (Å²) in [5, 5.41) is 9.57. The van der Waals surface area contributed by atoms with Gasteiger partial charge in [0.25, 0.3) is 5.91 Å². The highest BCUT2D eigenvalue weighted by Crippen LogP contribution is 2.41. The van der Waals surface area contributed by atoms with Gasteiger partial charge in [0.2, 0.25) is 0 Å². The minimum absolute atomic E-state index is 0.140. The lowest BCUT2D eigenvalue weighted by Crippen LogP contribution is -2.27. The number of phenolic OH excluding ortho intramolecular Hbond substituents is 1. The third kappa shape index (κ3) is 3.47. The van der Waals surface area contributed by atoms with E-state index in [1.807, 2.05) is 0 Å². The van der Waals surface area contributed by atoms with Crippen LogP contribution in [0.25, 0.3) is 6.08 Å². The number of aromatic hydroxyl groups is 1. The van der Waals surface area contributed by atoms with Crippen molar-refractivity contribution in [1.82, 2.24) is 0 Å². The summed E-state index contributed by atoms with van der Waals surface area (Å²) in [6.45, 7) is 0. The second-order valence-corrected chi connectivity index (χ2v) is 6.83. The van der Waals surface area contributed by atoms with Crippen LogP contribution in [0.5, 0.6) is 17.2 Å². The van der Waals surface area contributed by atoms with Crippen LogP contribution in [0.4, 0.5) is 5.69 Å². The molecule has 0 bridgehead atoms. The van der Waals surface area contributed by atoms with Crippen LogP contribution in [0.15, 0.2) is 47.4 Å². The van der Waals surface area contributed by atoms with Crippen molar-refractivity contribution in [3.05, 3.63) is 52.9 Å². The molecular formula is C18H15NO4S2. The first-order chi connectivity index (χ1) is 12.0. The Kier molecular flexibility index (Phi) is 4.96. The number of benzene rings is 2. The SMILES string of the molecule is COc1ccc(N2C(=O)/C(=C/c3cccc(O)c3)SC2=S)c(OC)c1. The van der Waals surface area contributed by atoms with Gasteiger partial charge in [-0.15, -0.1) is 0 Å². The van der Waals surface area contributed by atoms with Crippen LogP contribution in [-0.2, 0) is 4.79 Å². The first-order valence-corrected chi connectivity index (χ1v) is 8.55. The normalized spacial score (nSPS) is 15.8. The van der Waals surface area contributed by atoms with Gasteiger partial charge >= 0.3 is 0 Å². The molecule has 1 aliphatic heterocycles. The first-order valence-electron chi connectivity index (χ1n) is 7.32. The van der Waals surface area contributed by atoms with Crippen LogP contribution in [-0.4, -0.2) is 29.6 Å². The van der Waals surface area contributed by atoms with Crippen LogP contribution in [0.3, 0.4) is 0 Å². The minimum Gasteiger partial charge on any atom is -0.508 e. The average molecular weight is 373 g/mol. The summed E-state index contributed by atoms with van der Waals surface area (Å²) in [6.07, 6.45) is 1.70. The van der Waals surface area contributed by atoms with Crippen LogP contribution in [0, 0.1) is 0 Å². The zero-order valence-electron chi connectivity index (χ0n) is 13.6. The number of rotatable bonds is 4. The predicted octanol–water partition coefficient (Wildman–Crippen LogP) is 3.82. The largest absolute Gasteiger partial charge is 0.508 e. The van der Waals surface area contributed by atoms with Gasteiger partial charge in [0.1, 0.15) is 17.2 Å². The number of ether oxygens (including phenoxy) is 2. The van der Waals surface area contributed by atoms with Crippen molar-refractivity contribution < 1.29 is 19.4 Å². The second kappa shape index (κ2) is 7.16. The predicted molar refractivity (Wildman–Crippen MR) is 103 cm³/mol. The lowest BCUT2D eigenvalue weighted by Gasteiger charge is -2.18. The second-order valence-electron chi connectivity index (χ2n) is 5.15. The number of amides is 1. The van der Waals surface area contributed by atoms with Crippen LogP contribution in [0.2, 0.25) is 0 Å². The van der Waals surface area contributed by atoms with Crippen molar-refractivity contribution in [2.24, 2.45) is 0 Å². The molecule has 1 fully saturated rings. The quantitative estimate of drug-likeness (QED) is 0.650. The Bertz CT molecular complexity index is 879. The van der Waals surface area contributed by atoms with Gasteiger partial charge in [-0.25, -0.2) is 0 Å². The van der Waals surface area contributed by atoms with E-state index < -0.39 is 0 Å². The number of hydrogen-bond donors (Lipinski definition) is 1. The molecule has 3 rings (SSSR count). The number of phenols is 1. The first kappa shape index (κ1) is 17.3. The molecule has 0 aromatic heterocycles. The van der Waals surface area contributed by atoms with Gasteiger partial charge in [0.05, 0.1) is 24.8 Å². The lowest BCUT2D eigenvalue weighted by molar-refractivity contribution is -0.113. The summed E-state index contributed by atoms with van der Waals surface area (Å²) in [7, 11) is 3.09. The highest BCUT2D eigenvalue weighted by atomic mass is 32.2. The van der Waals surface area contributed by atoms with Gasteiger partial charge in [0.15, 0.2) is 4.32 Å². The van der Waals surface area contributed by atoms with Gasteiger partial charge in [0, 0.05) is 6.07 Å². The summed E-state index contributed by atoms with van der Waals surface area (Å²) < 4.78 is 11.0. The summed E-state index contributed by atoms with van der Waals surface area (Å²) in [5.41, 5.74) is 1.28. The monoisotopic (exact) mass is 373 g/mol. The number of methoxy groups -OCH3 is 2. The molecule has 1 heterocycles. The van der Waals surface area contributed by atoms with E-state index in [1.54, 1.807) is 55.7 Å². The molecule has 5 nitrogen and oxygen atoms in total. The fourth-order valence-electron chi connectivity index (χ4n) is 2.41. The zero-order valence-corrected chi connectivity index (χ0v) is 15.2. The average Bonchev–Trinajstić information content (AvgIpc) is 2.88. The maximum absolute atomic E-state index is 12.8. The van der Waals surface area contributed by atoms with Gasteiger partial charge in [-0.1, -0.05) is 36.1 Å². The Morgan fingerprint density at radius 2 is 1.96 bits per heavy atom. The molecule has 1 N–H and O–H groups in total. The molecule has 0 atom stereocenters. The summed E-state index contributed by atoms with van der Waals surface area (Å²) in [4.78, 5) is 14.7. The molecule has 0 aliphatic carbocycles. The standard InChI is InChI=1S/C18H15NO4S2/c1-22-13-6-7-14(15(10-13)23-2)19-17(21)16(25-18(19)24)9-11-4-3-5-12(20)8-11/h3-10,20H,1-2H3/b16-9-. The van der Waals surface area contributed by atoms with E-state index in [-0.39, 0.29) is 11.7 Å². The smallest absolute Gasteiger partial charge is 0.270 e. The maximum Gasteiger partial charge on any atom is 0.270 e. The fourth-order valence-corrected chi connectivity index (χ4v) is 3.70. The van der Waals surface area contributed by atoms with Gasteiger partial charge in [-0.3, -0.25) is 9.69 Å². The third-order valence-corrected chi connectivity index (χ3v) is 4.89. The van der Waals surface area contributed by atoms with Crippen molar-refractivity contribution in [2.75, 3.05) is 19.1 Å². The van der Waals surface area contributed by atoms with E-state index in [1.165, 1.54) is 23.8 Å². The topological polar surface area (TPSA) is 59.0 Å². The Morgan fingerprint density at radius 1 is 1.16 bits per heavy atom. The van der Waals surface area contributed by atoms with Gasteiger partial charge in [-0.05, 0) is 35.9 Å².